The summed E-state index contributed by atoms with van der Waals surface area (Å²) in [6, 6.07) is 17.1. The van der Waals surface area contributed by atoms with E-state index >= 15 is 0 Å². The molecular formula is C16H16INO. The number of benzene rings is 2. The molecule has 0 amide bonds. The van der Waals surface area contributed by atoms with Gasteiger partial charge in [0.25, 0.3) is 0 Å². The number of rotatable bonds is 5. The molecule has 0 spiro atoms. The second-order valence-corrected chi connectivity index (χ2v) is 6.10. The van der Waals surface area contributed by atoms with Gasteiger partial charge in [0.1, 0.15) is 11.5 Å². The van der Waals surface area contributed by atoms with Crippen molar-refractivity contribution in [1.29, 1.82) is 0 Å². The summed E-state index contributed by atoms with van der Waals surface area (Å²) >= 11 is 2.29. The molecule has 0 saturated heterocycles. The molecular weight excluding hydrogens is 349 g/mol. The van der Waals surface area contributed by atoms with Gasteiger partial charge in [-0.3, -0.25) is 0 Å². The molecule has 98 valence electrons. The molecule has 1 aliphatic rings. The maximum absolute atomic E-state index is 5.87. The van der Waals surface area contributed by atoms with Crippen LogP contribution in [-0.2, 0) is 6.54 Å². The van der Waals surface area contributed by atoms with Crippen molar-refractivity contribution >= 4 is 22.6 Å². The fourth-order valence-electron chi connectivity index (χ4n) is 1.91. The van der Waals surface area contributed by atoms with Gasteiger partial charge in [0.2, 0.25) is 0 Å². The molecule has 1 saturated carbocycles. The third kappa shape index (κ3) is 3.94. The van der Waals surface area contributed by atoms with Gasteiger partial charge >= 0.3 is 0 Å². The topological polar surface area (TPSA) is 21.3 Å². The lowest BCUT2D eigenvalue weighted by atomic mass is 10.2. The van der Waals surface area contributed by atoms with E-state index in [0.29, 0.717) is 0 Å². The summed E-state index contributed by atoms with van der Waals surface area (Å²) in [4.78, 5) is 0. The van der Waals surface area contributed by atoms with Gasteiger partial charge in [-0.05, 0) is 77.4 Å². The number of halogens is 1. The Balaban J connectivity index is 1.66. The first-order valence-corrected chi connectivity index (χ1v) is 7.63. The van der Waals surface area contributed by atoms with Crippen LogP contribution in [-0.4, -0.2) is 6.04 Å². The van der Waals surface area contributed by atoms with E-state index in [1.165, 1.54) is 22.0 Å². The van der Waals surface area contributed by atoms with Crippen LogP contribution in [0.4, 0.5) is 0 Å². The molecule has 3 rings (SSSR count). The zero-order chi connectivity index (χ0) is 13.1. The predicted molar refractivity (Wildman–Crippen MR) is 85.5 cm³/mol. The average molecular weight is 365 g/mol. The van der Waals surface area contributed by atoms with Crippen molar-refractivity contribution in [2.45, 2.75) is 25.4 Å². The van der Waals surface area contributed by atoms with Gasteiger partial charge in [0, 0.05) is 16.2 Å². The Hall–Kier alpha value is -1.07. The molecule has 0 bridgehead atoms. The molecule has 2 nitrogen and oxygen atoms in total. The van der Waals surface area contributed by atoms with Crippen LogP contribution >= 0.6 is 22.6 Å². The number of ether oxygens (including phenoxy) is 1. The van der Waals surface area contributed by atoms with E-state index in [2.05, 4.69) is 40.0 Å². The summed E-state index contributed by atoms with van der Waals surface area (Å²) in [6.07, 6.45) is 2.64. The summed E-state index contributed by atoms with van der Waals surface area (Å²) < 4.78 is 7.08. The van der Waals surface area contributed by atoms with Crippen LogP contribution in [0.25, 0.3) is 0 Å². The van der Waals surface area contributed by atoms with E-state index < -0.39 is 0 Å². The fraction of sp³-hybridized carbons (Fsp3) is 0.250. The Kier molecular flexibility index (Phi) is 4.03. The van der Waals surface area contributed by atoms with Crippen molar-refractivity contribution in [3.63, 3.8) is 0 Å². The Morgan fingerprint density at radius 3 is 2.58 bits per heavy atom. The van der Waals surface area contributed by atoms with Crippen molar-refractivity contribution in [3.05, 3.63) is 57.7 Å². The summed E-state index contributed by atoms with van der Waals surface area (Å²) in [5.74, 6) is 1.78. The van der Waals surface area contributed by atoms with Gasteiger partial charge in [-0.2, -0.15) is 0 Å². The van der Waals surface area contributed by atoms with Gasteiger partial charge in [0.15, 0.2) is 0 Å². The van der Waals surface area contributed by atoms with Gasteiger partial charge in [-0.25, -0.2) is 0 Å². The molecule has 0 atom stereocenters. The molecule has 19 heavy (non-hydrogen) atoms. The molecule has 1 aliphatic carbocycles. The van der Waals surface area contributed by atoms with Crippen LogP contribution in [0.1, 0.15) is 18.4 Å². The van der Waals surface area contributed by atoms with Crippen molar-refractivity contribution in [2.24, 2.45) is 0 Å². The first kappa shape index (κ1) is 12.9. The Morgan fingerprint density at radius 1 is 1.05 bits per heavy atom. The largest absolute Gasteiger partial charge is 0.457 e. The normalized spacial score (nSPS) is 14.4. The van der Waals surface area contributed by atoms with Crippen LogP contribution in [0.15, 0.2) is 48.5 Å². The summed E-state index contributed by atoms with van der Waals surface area (Å²) in [5, 5.41) is 3.51. The van der Waals surface area contributed by atoms with Crippen molar-refractivity contribution in [1.82, 2.24) is 5.32 Å². The molecule has 1 N–H and O–H groups in total. The molecule has 0 aliphatic heterocycles. The van der Waals surface area contributed by atoms with Crippen LogP contribution in [0.3, 0.4) is 0 Å². The highest BCUT2D eigenvalue weighted by molar-refractivity contribution is 14.1. The van der Waals surface area contributed by atoms with Crippen LogP contribution in [0.5, 0.6) is 11.5 Å². The first-order valence-electron chi connectivity index (χ1n) is 6.55. The molecule has 2 aromatic rings. The van der Waals surface area contributed by atoms with Gasteiger partial charge in [0.05, 0.1) is 0 Å². The minimum absolute atomic E-state index is 0.737. The predicted octanol–water partition coefficient (Wildman–Crippen LogP) is 4.34. The van der Waals surface area contributed by atoms with E-state index in [0.717, 1.165) is 24.1 Å². The molecule has 0 unspecified atom stereocenters. The molecule has 2 aromatic carbocycles. The SMILES string of the molecule is Ic1ccc(Oc2cccc(CNC3CC3)c2)cc1. The minimum Gasteiger partial charge on any atom is -0.457 e. The average Bonchev–Trinajstić information content (AvgIpc) is 3.24. The number of hydrogen-bond donors (Lipinski definition) is 1. The van der Waals surface area contributed by atoms with Gasteiger partial charge in [-0.1, -0.05) is 12.1 Å². The van der Waals surface area contributed by atoms with E-state index in [1.54, 1.807) is 0 Å². The van der Waals surface area contributed by atoms with E-state index in [4.69, 9.17) is 4.74 Å². The Labute approximate surface area is 127 Å². The highest BCUT2D eigenvalue weighted by Gasteiger charge is 2.19. The maximum atomic E-state index is 5.87. The number of nitrogens with one attached hydrogen (secondary N) is 1. The zero-order valence-electron chi connectivity index (χ0n) is 10.6. The molecule has 3 heteroatoms. The lowest BCUT2D eigenvalue weighted by molar-refractivity contribution is 0.481. The molecule has 0 radical (unpaired) electrons. The van der Waals surface area contributed by atoms with E-state index in [9.17, 15) is 0 Å². The van der Waals surface area contributed by atoms with Gasteiger partial charge < -0.3 is 10.1 Å². The summed E-state index contributed by atoms with van der Waals surface area (Å²) in [5.41, 5.74) is 1.27. The quantitative estimate of drug-likeness (QED) is 0.797. The highest BCUT2D eigenvalue weighted by atomic mass is 127. The second kappa shape index (κ2) is 5.92. The van der Waals surface area contributed by atoms with Crippen LogP contribution in [0.2, 0.25) is 0 Å². The lowest BCUT2D eigenvalue weighted by Gasteiger charge is -2.08. The zero-order valence-corrected chi connectivity index (χ0v) is 12.8. The van der Waals surface area contributed by atoms with Crippen LogP contribution < -0.4 is 10.1 Å². The Morgan fingerprint density at radius 2 is 1.84 bits per heavy atom. The van der Waals surface area contributed by atoms with E-state index in [-0.39, 0.29) is 0 Å². The lowest BCUT2D eigenvalue weighted by Crippen LogP contribution is -2.15. The fourth-order valence-corrected chi connectivity index (χ4v) is 2.27. The first-order chi connectivity index (χ1) is 9.29. The molecule has 0 aromatic heterocycles. The standard InChI is InChI=1S/C16H16INO/c17-13-4-8-15(9-5-13)19-16-3-1-2-12(10-16)11-18-14-6-7-14/h1-5,8-10,14,18H,6-7,11H2. The van der Waals surface area contributed by atoms with E-state index in [1.807, 2.05) is 36.4 Å². The monoisotopic (exact) mass is 365 g/mol. The number of hydrogen-bond acceptors (Lipinski definition) is 2. The maximum Gasteiger partial charge on any atom is 0.127 e. The molecule has 1 fully saturated rings. The summed E-state index contributed by atoms with van der Waals surface area (Å²) in [7, 11) is 0. The minimum atomic E-state index is 0.737. The van der Waals surface area contributed by atoms with Crippen LogP contribution in [0, 0.1) is 3.57 Å². The smallest absolute Gasteiger partial charge is 0.127 e. The summed E-state index contributed by atoms with van der Waals surface area (Å²) in [6.45, 7) is 0.925. The third-order valence-electron chi connectivity index (χ3n) is 3.12. The highest BCUT2D eigenvalue weighted by Crippen LogP contribution is 2.24. The Bertz CT molecular complexity index is 549. The van der Waals surface area contributed by atoms with Crippen molar-refractivity contribution in [2.75, 3.05) is 0 Å². The van der Waals surface area contributed by atoms with Crippen molar-refractivity contribution < 1.29 is 4.74 Å². The second-order valence-electron chi connectivity index (χ2n) is 4.86. The van der Waals surface area contributed by atoms with Crippen molar-refractivity contribution in [3.8, 4) is 11.5 Å². The van der Waals surface area contributed by atoms with Gasteiger partial charge in [-0.15, -0.1) is 0 Å². The third-order valence-corrected chi connectivity index (χ3v) is 3.84. The molecule has 0 heterocycles.